The van der Waals surface area contributed by atoms with Crippen molar-refractivity contribution in [3.05, 3.63) is 29.8 Å². The summed E-state index contributed by atoms with van der Waals surface area (Å²) in [7, 11) is 0. The van der Waals surface area contributed by atoms with Crippen LogP contribution in [0.2, 0.25) is 0 Å². The number of anilines is 1. The van der Waals surface area contributed by atoms with E-state index in [1.807, 2.05) is 11.0 Å². The maximum atomic E-state index is 12.4. The quantitative estimate of drug-likeness (QED) is 0.772. The molecule has 1 aromatic rings. The standard InChI is InChI=1S/C16H23NO/c1-5-12-11-17(15(18)10-16(2,3)4)14-9-7-6-8-13(12)14/h6-9,12H,5,10-11H2,1-4H3. The molecule has 0 saturated heterocycles. The molecule has 18 heavy (non-hydrogen) atoms. The minimum Gasteiger partial charge on any atom is -0.312 e. The van der Waals surface area contributed by atoms with Crippen molar-refractivity contribution in [1.82, 2.24) is 0 Å². The number of rotatable bonds is 2. The second-order valence-electron chi connectivity index (χ2n) is 6.41. The molecule has 2 heteroatoms. The van der Waals surface area contributed by atoms with Gasteiger partial charge in [0.2, 0.25) is 5.91 Å². The molecule has 1 amide bonds. The molecular formula is C16H23NO. The number of para-hydroxylation sites is 1. The number of hydrogen-bond acceptors (Lipinski definition) is 1. The highest BCUT2D eigenvalue weighted by Crippen LogP contribution is 2.38. The van der Waals surface area contributed by atoms with Gasteiger partial charge in [-0.15, -0.1) is 0 Å². The second kappa shape index (κ2) is 4.75. The van der Waals surface area contributed by atoms with Crippen LogP contribution >= 0.6 is 0 Å². The maximum Gasteiger partial charge on any atom is 0.227 e. The van der Waals surface area contributed by atoms with Gasteiger partial charge in [0.1, 0.15) is 0 Å². The van der Waals surface area contributed by atoms with Crippen LogP contribution in [0.5, 0.6) is 0 Å². The van der Waals surface area contributed by atoms with Crippen LogP contribution in [0.4, 0.5) is 5.69 Å². The SMILES string of the molecule is CCC1CN(C(=O)CC(C)(C)C)c2ccccc21. The van der Waals surface area contributed by atoms with Gasteiger partial charge in [-0.25, -0.2) is 0 Å². The third-order valence-electron chi connectivity index (χ3n) is 3.55. The fourth-order valence-electron chi connectivity index (χ4n) is 2.63. The van der Waals surface area contributed by atoms with Crippen molar-refractivity contribution in [3.8, 4) is 0 Å². The normalized spacial score (nSPS) is 18.9. The molecule has 1 unspecified atom stereocenters. The lowest BCUT2D eigenvalue weighted by Crippen LogP contribution is -2.32. The zero-order chi connectivity index (χ0) is 13.3. The highest BCUT2D eigenvalue weighted by Gasteiger charge is 2.32. The summed E-state index contributed by atoms with van der Waals surface area (Å²) in [6, 6.07) is 8.33. The Kier molecular flexibility index (Phi) is 3.47. The summed E-state index contributed by atoms with van der Waals surface area (Å²) >= 11 is 0. The number of amides is 1. The van der Waals surface area contributed by atoms with Crippen molar-refractivity contribution < 1.29 is 4.79 Å². The zero-order valence-electron chi connectivity index (χ0n) is 11.9. The average molecular weight is 245 g/mol. The van der Waals surface area contributed by atoms with Crippen molar-refractivity contribution in [2.24, 2.45) is 5.41 Å². The summed E-state index contributed by atoms with van der Waals surface area (Å²) in [4.78, 5) is 14.4. The molecule has 1 heterocycles. The number of nitrogens with zero attached hydrogens (tertiary/aromatic N) is 1. The van der Waals surface area contributed by atoms with E-state index in [-0.39, 0.29) is 11.3 Å². The Labute approximate surface area is 110 Å². The Balaban J connectivity index is 2.24. The summed E-state index contributed by atoms with van der Waals surface area (Å²) in [6.45, 7) is 9.39. The molecular weight excluding hydrogens is 222 g/mol. The van der Waals surface area contributed by atoms with Gasteiger partial charge in [0.05, 0.1) is 0 Å². The number of carbonyl (C=O) groups is 1. The van der Waals surface area contributed by atoms with Crippen molar-refractivity contribution >= 4 is 11.6 Å². The maximum absolute atomic E-state index is 12.4. The first-order valence-corrected chi connectivity index (χ1v) is 6.81. The average Bonchev–Trinajstić information content (AvgIpc) is 2.65. The molecule has 0 fully saturated rings. The van der Waals surface area contributed by atoms with Gasteiger partial charge in [0.15, 0.2) is 0 Å². The summed E-state index contributed by atoms with van der Waals surface area (Å²) in [5.74, 6) is 0.760. The number of fused-ring (bicyclic) bond motifs is 1. The summed E-state index contributed by atoms with van der Waals surface area (Å²) in [5, 5.41) is 0. The Morgan fingerprint density at radius 3 is 2.61 bits per heavy atom. The van der Waals surface area contributed by atoms with Gasteiger partial charge in [0, 0.05) is 24.6 Å². The van der Waals surface area contributed by atoms with Gasteiger partial charge in [-0.05, 0) is 23.5 Å². The van der Waals surface area contributed by atoms with Crippen LogP contribution in [0.25, 0.3) is 0 Å². The molecule has 1 atom stereocenters. The Bertz CT molecular complexity index is 445. The highest BCUT2D eigenvalue weighted by atomic mass is 16.2. The van der Waals surface area contributed by atoms with Crippen LogP contribution < -0.4 is 4.90 Å². The first-order chi connectivity index (χ1) is 8.42. The largest absolute Gasteiger partial charge is 0.312 e. The lowest BCUT2D eigenvalue weighted by Gasteiger charge is -2.23. The molecule has 0 spiro atoms. The summed E-state index contributed by atoms with van der Waals surface area (Å²) in [5.41, 5.74) is 2.51. The van der Waals surface area contributed by atoms with Crippen molar-refractivity contribution in [2.75, 3.05) is 11.4 Å². The number of benzene rings is 1. The van der Waals surface area contributed by atoms with E-state index in [1.54, 1.807) is 0 Å². The molecule has 0 saturated carbocycles. The van der Waals surface area contributed by atoms with Crippen molar-refractivity contribution in [2.45, 2.75) is 46.5 Å². The van der Waals surface area contributed by atoms with Crippen LogP contribution in [0.3, 0.4) is 0 Å². The van der Waals surface area contributed by atoms with Gasteiger partial charge in [-0.3, -0.25) is 4.79 Å². The summed E-state index contributed by atoms with van der Waals surface area (Å²) < 4.78 is 0. The lowest BCUT2D eigenvalue weighted by atomic mass is 9.91. The van der Waals surface area contributed by atoms with E-state index < -0.39 is 0 Å². The molecule has 2 rings (SSSR count). The molecule has 0 bridgehead atoms. The fraction of sp³-hybridized carbons (Fsp3) is 0.562. The minimum atomic E-state index is 0.0519. The van der Waals surface area contributed by atoms with Gasteiger partial charge < -0.3 is 4.90 Å². The summed E-state index contributed by atoms with van der Waals surface area (Å²) in [6.07, 6.45) is 1.70. The van der Waals surface area contributed by atoms with Crippen LogP contribution in [0, 0.1) is 5.41 Å². The third kappa shape index (κ3) is 2.58. The van der Waals surface area contributed by atoms with Crippen LogP contribution in [0.15, 0.2) is 24.3 Å². The van der Waals surface area contributed by atoms with Crippen LogP contribution in [0.1, 0.15) is 52.0 Å². The van der Waals surface area contributed by atoms with Crippen LogP contribution in [-0.4, -0.2) is 12.5 Å². The molecule has 2 nitrogen and oxygen atoms in total. The molecule has 0 aromatic heterocycles. The van der Waals surface area contributed by atoms with Crippen molar-refractivity contribution in [1.29, 1.82) is 0 Å². The zero-order valence-corrected chi connectivity index (χ0v) is 11.9. The molecule has 1 aliphatic rings. The topological polar surface area (TPSA) is 20.3 Å². The van der Waals surface area contributed by atoms with E-state index in [4.69, 9.17) is 0 Å². The van der Waals surface area contributed by atoms with Gasteiger partial charge in [-0.2, -0.15) is 0 Å². The predicted octanol–water partition coefficient (Wildman–Crippen LogP) is 3.96. The smallest absolute Gasteiger partial charge is 0.227 e. The van der Waals surface area contributed by atoms with E-state index in [0.29, 0.717) is 12.3 Å². The first-order valence-electron chi connectivity index (χ1n) is 6.81. The molecule has 0 aliphatic carbocycles. The highest BCUT2D eigenvalue weighted by molar-refractivity contribution is 5.96. The second-order valence-corrected chi connectivity index (χ2v) is 6.41. The van der Waals surface area contributed by atoms with E-state index in [9.17, 15) is 4.79 Å². The Morgan fingerprint density at radius 2 is 2.00 bits per heavy atom. The van der Waals surface area contributed by atoms with E-state index in [2.05, 4.69) is 45.9 Å². The van der Waals surface area contributed by atoms with Gasteiger partial charge >= 0.3 is 0 Å². The Morgan fingerprint density at radius 1 is 1.33 bits per heavy atom. The monoisotopic (exact) mass is 245 g/mol. The lowest BCUT2D eigenvalue weighted by molar-refractivity contribution is -0.120. The van der Waals surface area contributed by atoms with Crippen molar-refractivity contribution in [3.63, 3.8) is 0 Å². The van der Waals surface area contributed by atoms with Gasteiger partial charge in [-0.1, -0.05) is 45.9 Å². The molecule has 1 aromatic carbocycles. The molecule has 0 radical (unpaired) electrons. The molecule has 0 N–H and O–H groups in total. The van der Waals surface area contributed by atoms with E-state index in [0.717, 1.165) is 18.7 Å². The molecule has 98 valence electrons. The minimum absolute atomic E-state index is 0.0519. The Hall–Kier alpha value is -1.31. The number of hydrogen-bond donors (Lipinski definition) is 0. The van der Waals surface area contributed by atoms with Gasteiger partial charge in [0.25, 0.3) is 0 Å². The van der Waals surface area contributed by atoms with E-state index in [1.165, 1.54) is 5.56 Å². The van der Waals surface area contributed by atoms with Crippen LogP contribution in [-0.2, 0) is 4.79 Å². The third-order valence-corrected chi connectivity index (χ3v) is 3.55. The molecule has 1 aliphatic heterocycles. The first kappa shape index (κ1) is 13.1. The van der Waals surface area contributed by atoms with E-state index >= 15 is 0 Å². The fourth-order valence-corrected chi connectivity index (χ4v) is 2.63. The predicted molar refractivity (Wildman–Crippen MR) is 75.9 cm³/mol. The number of carbonyl (C=O) groups excluding carboxylic acids is 1.